The standard InChI is InChI=1S/2C8H11NO8.Ca.Fe/c2*10-5(11)1-3(7(14)15)9-4(8(16)17)2-6(12)13;;/h2*3-4,9H,1-2H2,(H,10,11)(H,12,13)(H,14,15)(H,16,17);;/q;;2*+2/p-4. The van der Waals surface area contributed by atoms with Crippen LogP contribution in [0, 0.1) is 0 Å². The minimum absolute atomic E-state index is 0. The summed E-state index contributed by atoms with van der Waals surface area (Å²) in [5.74, 6) is -13.4. The molecular formula is C16H18CaFeN2O16. The number of carbonyl (C=O) groups is 8. The SMILES string of the molecule is O=C(O)CC(NC(CC(=O)O)C(=O)O)C(=O)O.O=C([O-])CC(NC(CC(=O)[O-])C(=O)[O-])C(=O)[O-].[Ca+2].[Fe+2]. The van der Waals surface area contributed by atoms with Crippen LogP contribution in [0.4, 0.5) is 0 Å². The van der Waals surface area contributed by atoms with Gasteiger partial charge in [0.1, 0.15) is 12.1 Å². The summed E-state index contributed by atoms with van der Waals surface area (Å²) < 4.78 is 0. The molecule has 20 heteroatoms. The second kappa shape index (κ2) is 20.6. The number of carboxylic acids is 8. The summed E-state index contributed by atoms with van der Waals surface area (Å²) in [5, 5.41) is 78.9. The number of nitrogens with one attached hydrogen (secondary N) is 2. The Morgan fingerprint density at radius 2 is 0.778 bits per heavy atom. The van der Waals surface area contributed by atoms with Crippen molar-refractivity contribution in [3.05, 3.63) is 0 Å². The molecule has 0 amide bonds. The molecule has 0 aliphatic rings. The van der Waals surface area contributed by atoms with Crippen molar-refractivity contribution in [2.24, 2.45) is 0 Å². The van der Waals surface area contributed by atoms with Gasteiger partial charge in [0.2, 0.25) is 0 Å². The summed E-state index contributed by atoms with van der Waals surface area (Å²) in [7, 11) is 0. The first-order valence-corrected chi connectivity index (χ1v) is 8.70. The molecule has 4 atom stereocenters. The third kappa shape index (κ3) is 20.8. The topological polar surface area (TPSA) is 334 Å². The Kier molecular flexibility index (Phi) is 23.3. The Morgan fingerprint density at radius 1 is 0.528 bits per heavy atom. The van der Waals surface area contributed by atoms with Gasteiger partial charge in [0.25, 0.3) is 0 Å². The molecule has 0 rings (SSSR count). The monoisotopic (exact) mass is 590 g/mol. The van der Waals surface area contributed by atoms with E-state index in [9.17, 15) is 58.8 Å². The van der Waals surface area contributed by atoms with Crippen LogP contribution < -0.4 is 31.1 Å². The molecule has 18 nitrogen and oxygen atoms in total. The first-order valence-electron chi connectivity index (χ1n) is 8.70. The van der Waals surface area contributed by atoms with Crippen LogP contribution in [0.3, 0.4) is 0 Å². The van der Waals surface area contributed by atoms with E-state index >= 15 is 0 Å². The zero-order valence-corrected chi connectivity index (χ0v) is 21.2. The Hall–Kier alpha value is -2.54. The van der Waals surface area contributed by atoms with Crippen LogP contribution in [0.2, 0.25) is 0 Å². The van der Waals surface area contributed by atoms with Crippen molar-refractivity contribution >= 4 is 85.5 Å². The number of carboxylic acid groups (broad SMARTS) is 8. The molecule has 0 aromatic carbocycles. The van der Waals surface area contributed by atoms with E-state index in [4.69, 9.17) is 20.4 Å². The summed E-state index contributed by atoms with van der Waals surface area (Å²) >= 11 is 0. The maximum Gasteiger partial charge on any atom is 2.00 e. The number of rotatable bonds is 16. The number of carbonyl (C=O) groups excluding carboxylic acids is 4. The Morgan fingerprint density at radius 3 is 0.944 bits per heavy atom. The van der Waals surface area contributed by atoms with Crippen molar-refractivity contribution in [1.82, 2.24) is 10.6 Å². The molecule has 0 aromatic rings. The molecule has 0 aromatic heterocycles. The number of hydrogen-bond acceptors (Lipinski definition) is 14. The van der Waals surface area contributed by atoms with Crippen molar-refractivity contribution in [3.8, 4) is 0 Å². The van der Waals surface area contributed by atoms with Gasteiger partial charge in [-0.3, -0.25) is 24.5 Å². The van der Waals surface area contributed by atoms with E-state index in [0.29, 0.717) is 0 Å². The van der Waals surface area contributed by atoms with Crippen LogP contribution in [0.1, 0.15) is 25.7 Å². The fourth-order valence-corrected chi connectivity index (χ4v) is 2.02. The molecule has 4 unspecified atom stereocenters. The van der Waals surface area contributed by atoms with Gasteiger partial charge in [-0.25, -0.2) is 0 Å². The van der Waals surface area contributed by atoms with Crippen LogP contribution in [-0.2, 0) is 55.4 Å². The second-order valence-corrected chi connectivity index (χ2v) is 6.21. The van der Waals surface area contributed by atoms with Crippen molar-refractivity contribution in [2.75, 3.05) is 0 Å². The smallest absolute Gasteiger partial charge is 0.550 e. The molecule has 0 bridgehead atoms. The fraction of sp³-hybridized carbons (Fsp3) is 0.500. The third-order valence-corrected chi connectivity index (χ3v) is 3.47. The van der Waals surface area contributed by atoms with Gasteiger partial charge in [-0.2, -0.15) is 0 Å². The minimum atomic E-state index is -1.90. The minimum Gasteiger partial charge on any atom is -0.550 e. The largest absolute Gasteiger partial charge is 2.00 e. The Bertz CT molecular complexity index is 692. The van der Waals surface area contributed by atoms with E-state index in [0.717, 1.165) is 0 Å². The molecule has 0 radical (unpaired) electrons. The van der Waals surface area contributed by atoms with Crippen molar-refractivity contribution in [1.29, 1.82) is 0 Å². The maximum absolute atomic E-state index is 10.6. The van der Waals surface area contributed by atoms with Gasteiger partial charge in [-0.05, 0) is 0 Å². The predicted octanol–water partition coefficient (Wildman–Crippen LogP) is -8.86. The molecule has 0 saturated carbocycles. The molecule has 0 heterocycles. The van der Waals surface area contributed by atoms with Crippen molar-refractivity contribution in [3.63, 3.8) is 0 Å². The molecule has 0 aliphatic heterocycles. The van der Waals surface area contributed by atoms with Crippen LogP contribution in [0.15, 0.2) is 0 Å². The van der Waals surface area contributed by atoms with Gasteiger partial charge < -0.3 is 65.3 Å². The number of aliphatic carboxylic acids is 8. The summed E-state index contributed by atoms with van der Waals surface area (Å²) in [6.45, 7) is 0. The molecule has 0 aliphatic carbocycles. The predicted molar refractivity (Wildman–Crippen MR) is 96.2 cm³/mol. The van der Waals surface area contributed by atoms with Crippen LogP contribution >= 0.6 is 0 Å². The van der Waals surface area contributed by atoms with Gasteiger partial charge in [-0.15, -0.1) is 0 Å². The second-order valence-electron chi connectivity index (χ2n) is 6.21. The van der Waals surface area contributed by atoms with E-state index in [1.807, 2.05) is 5.32 Å². The van der Waals surface area contributed by atoms with E-state index in [1.165, 1.54) is 0 Å². The Labute approximate surface area is 241 Å². The summed E-state index contributed by atoms with van der Waals surface area (Å²) in [4.78, 5) is 83.0. The van der Waals surface area contributed by atoms with E-state index in [1.54, 1.807) is 5.32 Å². The van der Waals surface area contributed by atoms with Crippen LogP contribution in [0.5, 0.6) is 0 Å². The first-order chi connectivity index (χ1) is 15.5. The molecule has 0 saturated heterocycles. The molecule has 0 spiro atoms. The first kappa shape index (κ1) is 40.6. The molecule has 0 fully saturated rings. The van der Waals surface area contributed by atoms with E-state index in [2.05, 4.69) is 0 Å². The quantitative estimate of drug-likeness (QED) is 0.0908. The zero-order chi connectivity index (χ0) is 27.2. The average molecular weight is 590 g/mol. The van der Waals surface area contributed by atoms with Crippen LogP contribution in [0.25, 0.3) is 0 Å². The molecular weight excluding hydrogens is 572 g/mol. The number of hydrogen-bond donors (Lipinski definition) is 6. The zero-order valence-electron chi connectivity index (χ0n) is 17.9. The van der Waals surface area contributed by atoms with E-state index in [-0.39, 0.29) is 54.8 Å². The summed E-state index contributed by atoms with van der Waals surface area (Å²) in [5.41, 5.74) is 0. The summed E-state index contributed by atoms with van der Waals surface area (Å²) in [6, 6.07) is -7.12. The molecule has 6 N–H and O–H groups in total. The van der Waals surface area contributed by atoms with Gasteiger partial charge >= 0.3 is 78.7 Å². The van der Waals surface area contributed by atoms with Crippen molar-refractivity contribution in [2.45, 2.75) is 49.9 Å². The Balaban J connectivity index is -0.000000269. The molecule has 198 valence electrons. The van der Waals surface area contributed by atoms with Gasteiger partial charge in [-0.1, -0.05) is 0 Å². The maximum atomic E-state index is 10.6. The third-order valence-electron chi connectivity index (χ3n) is 3.47. The average Bonchev–Trinajstić information content (AvgIpc) is 2.64. The van der Waals surface area contributed by atoms with Gasteiger partial charge in [0.15, 0.2) is 0 Å². The molecule has 36 heavy (non-hydrogen) atoms. The van der Waals surface area contributed by atoms with E-state index < -0.39 is 97.6 Å². The van der Waals surface area contributed by atoms with Gasteiger partial charge in [0.05, 0.1) is 36.9 Å². The van der Waals surface area contributed by atoms with Gasteiger partial charge in [0, 0.05) is 24.8 Å². The normalized spacial score (nSPS) is 12.9. The fourth-order valence-electron chi connectivity index (χ4n) is 2.02. The van der Waals surface area contributed by atoms with Crippen LogP contribution in [-0.4, -0.2) is 130 Å². The van der Waals surface area contributed by atoms with Crippen molar-refractivity contribution < 1.29 is 96.3 Å². The summed E-state index contributed by atoms with van der Waals surface area (Å²) in [6.07, 6.45) is -3.84.